The van der Waals surface area contributed by atoms with E-state index in [-0.39, 0.29) is 35.8 Å². The van der Waals surface area contributed by atoms with Gasteiger partial charge < -0.3 is 24.8 Å². The van der Waals surface area contributed by atoms with Crippen molar-refractivity contribution in [1.82, 2.24) is 9.21 Å². The van der Waals surface area contributed by atoms with Crippen molar-refractivity contribution in [2.45, 2.75) is 11.4 Å². The maximum absolute atomic E-state index is 12.7. The lowest BCUT2D eigenvalue weighted by Crippen LogP contribution is -2.31. The van der Waals surface area contributed by atoms with Crippen LogP contribution in [0.1, 0.15) is 15.9 Å². The summed E-state index contributed by atoms with van der Waals surface area (Å²) >= 11 is 0. The maximum Gasteiger partial charge on any atom is 0.340 e. The van der Waals surface area contributed by atoms with E-state index in [2.05, 4.69) is 5.32 Å². The molecule has 0 spiro atoms. The van der Waals surface area contributed by atoms with Gasteiger partial charge in [-0.15, -0.1) is 0 Å². The van der Waals surface area contributed by atoms with E-state index in [4.69, 9.17) is 14.6 Å². The quantitative estimate of drug-likeness (QED) is 0.460. The smallest absolute Gasteiger partial charge is 0.340 e. The number of hydrogen-bond acceptors (Lipinski definition) is 8. The van der Waals surface area contributed by atoms with Crippen molar-refractivity contribution in [3.05, 3.63) is 53.6 Å². The number of carbonyl (C=O) groups excluding carboxylic acids is 2. The van der Waals surface area contributed by atoms with Gasteiger partial charge in [0.2, 0.25) is 10.0 Å². The molecule has 0 saturated carbocycles. The van der Waals surface area contributed by atoms with E-state index in [1.807, 2.05) is 18.2 Å². The number of methoxy groups -OCH3 is 1. The zero-order valence-corrected chi connectivity index (χ0v) is 19.9. The SMILES string of the molecule is COc1ccccc1CN(C)C(=O)COC(=O)c1cc(S(=O)(=O)N(C)C)ccc1NCCO. The molecule has 0 aliphatic heterocycles. The number of sulfonamides is 1. The first kappa shape index (κ1) is 26.1. The summed E-state index contributed by atoms with van der Waals surface area (Å²) in [5.41, 5.74) is 1.01. The van der Waals surface area contributed by atoms with Gasteiger partial charge in [-0.3, -0.25) is 4.79 Å². The Morgan fingerprint density at radius 1 is 1.09 bits per heavy atom. The third-order valence-electron chi connectivity index (χ3n) is 4.77. The third-order valence-corrected chi connectivity index (χ3v) is 6.58. The highest BCUT2D eigenvalue weighted by Crippen LogP contribution is 2.23. The largest absolute Gasteiger partial charge is 0.496 e. The van der Waals surface area contributed by atoms with Gasteiger partial charge in [0, 0.05) is 45.5 Å². The highest BCUT2D eigenvalue weighted by Gasteiger charge is 2.23. The van der Waals surface area contributed by atoms with E-state index in [1.165, 1.54) is 44.3 Å². The van der Waals surface area contributed by atoms with Gasteiger partial charge in [-0.05, 0) is 24.3 Å². The fraction of sp³-hybridized carbons (Fsp3) is 0.364. The van der Waals surface area contributed by atoms with Crippen molar-refractivity contribution >= 4 is 27.6 Å². The summed E-state index contributed by atoms with van der Waals surface area (Å²) in [7, 11) is 2.07. The molecule has 2 N–H and O–H groups in total. The zero-order valence-electron chi connectivity index (χ0n) is 19.1. The second-order valence-electron chi connectivity index (χ2n) is 7.28. The molecule has 10 nitrogen and oxygen atoms in total. The molecule has 0 heterocycles. The molecule has 1 amide bonds. The van der Waals surface area contributed by atoms with E-state index < -0.39 is 28.5 Å². The number of esters is 1. The Hall–Kier alpha value is -3.15. The van der Waals surface area contributed by atoms with Crippen molar-refractivity contribution < 1.29 is 32.6 Å². The van der Waals surface area contributed by atoms with E-state index in [0.717, 1.165) is 9.87 Å². The Kier molecular flexibility index (Phi) is 9.21. The third kappa shape index (κ3) is 6.67. The minimum Gasteiger partial charge on any atom is -0.496 e. The van der Waals surface area contributed by atoms with Crippen molar-refractivity contribution in [1.29, 1.82) is 0 Å². The lowest BCUT2D eigenvalue weighted by Gasteiger charge is -2.19. The molecule has 0 aliphatic carbocycles. The first-order chi connectivity index (χ1) is 15.6. The molecule has 11 heteroatoms. The monoisotopic (exact) mass is 479 g/mol. The second-order valence-corrected chi connectivity index (χ2v) is 9.43. The molecular formula is C22H29N3O7S. The molecule has 0 saturated heterocycles. The predicted molar refractivity (Wildman–Crippen MR) is 123 cm³/mol. The van der Waals surface area contributed by atoms with E-state index in [1.54, 1.807) is 13.1 Å². The number of rotatable bonds is 11. The van der Waals surface area contributed by atoms with Crippen LogP contribution in [0.3, 0.4) is 0 Å². The number of amides is 1. The molecule has 0 aliphatic rings. The van der Waals surface area contributed by atoms with Crippen molar-refractivity contribution in [3.63, 3.8) is 0 Å². The zero-order chi connectivity index (χ0) is 24.6. The topological polar surface area (TPSA) is 125 Å². The number of para-hydroxylation sites is 1. The van der Waals surface area contributed by atoms with E-state index in [9.17, 15) is 18.0 Å². The molecular weight excluding hydrogens is 450 g/mol. The Morgan fingerprint density at radius 3 is 2.42 bits per heavy atom. The molecule has 2 aromatic carbocycles. The van der Waals surface area contributed by atoms with Crippen LogP contribution in [-0.4, -0.2) is 82.6 Å². The van der Waals surface area contributed by atoms with Gasteiger partial charge in [-0.2, -0.15) is 0 Å². The summed E-state index contributed by atoms with van der Waals surface area (Å²) in [5, 5.41) is 11.9. The van der Waals surface area contributed by atoms with Gasteiger partial charge >= 0.3 is 5.97 Å². The van der Waals surface area contributed by atoms with Crippen LogP contribution in [-0.2, 0) is 26.1 Å². The molecule has 33 heavy (non-hydrogen) atoms. The van der Waals surface area contributed by atoms with Gasteiger partial charge in [0.05, 0.1) is 24.2 Å². The number of hydrogen-bond donors (Lipinski definition) is 2. The first-order valence-electron chi connectivity index (χ1n) is 10.1. The minimum absolute atomic E-state index is 0.0634. The van der Waals surface area contributed by atoms with Crippen LogP contribution in [0.5, 0.6) is 5.75 Å². The average Bonchev–Trinajstić information content (AvgIpc) is 2.80. The number of ether oxygens (including phenoxy) is 2. The van der Waals surface area contributed by atoms with Crippen LogP contribution in [0.25, 0.3) is 0 Å². The molecule has 0 fully saturated rings. The van der Waals surface area contributed by atoms with Crippen molar-refractivity contribution in [2.75, 3.05) is 53.3 Å². The Balaban J connectivity index is 2.16. The van der Waals surface area contributed by atoms with Crippen LogP contribution in [0.2, 0.25) is 0 Å². The van der Waals surface area contributed by atoms with Crippen LogP contribution in [0, 0.1) is 0 Å². The number of aliphatic hydroxyl groups is 1. The Bertz CT molecular complexity index is 1090. The summed E-state index contributed by atoms with van der Waals surface area (Å²) < 4.78 is 36.4. The normalized spacial score (nSPS) is 11.2. The number of aliphatic hydroxyl groups excluding tert-OH is 1. The van der Waals surface area contributed by atoms with E-state index >= 15 is 0 Å². The maximum atomic E-state index is 12.7. The Morgan fingerprint density at radius 2 is 1.79 bits per heavy atom. The van der Waals surface area contributed by atoms with Crippen molar-refractivity contribution in [2.24, 2.45) is 0 Å². The van der Waals surface area contributed by atoms with Gasteiger partial charge in [-0.1, -0.05) is 18.2 Å². The number of nitrogens with zero attached hydrogens (tertiary/aromatic N) is 2. The molecule has 0 unspecified atom stereocenters. The fourth-order valence-electron chi connectivity index (χ4n) is 2.90. The predicted octanol–water partition coefficient (Wildman–Crippen LogP) is 1.17. The summed E-state index contributed by atoms with van der Waals surface area (Å²) in [6, 6.07) is 11.2. The molecule has 2 aromatic rings. The van der Waals surface area contributed by atoms with Gasteiger partial charge in [-0.25, -0.2) is 17.5 Å². The standard InChI is InChI=1S/C22H29N3O7S/c1-24(2)33(29,30)17-9-10-19(23-11-12-26)18(13-17)22(28)32-15-21(27)25(3)14-16-7-5-6-8-20(16)31-4/h5-10,13,23,26H,11-12,14-15H2,1-4H3. The first-order valence-corrected chi connectivity index (χ1v) is 11.5. The minimum atomic E-state index is -3.79. The van der Waals surface area contributed by atoms with Gasteiger partial charge in [0.15, 0.2) is 6.61 Å². The van der Waals surface area contributed by atoms with Crippen molar-refractivity contribution in [3.8, 4) is 5.75 Å². The molecule has 180 valence electrons. The molecule has 0 radical (unpaired) electrons. The lowest BCUT2D eigenvalue weighted by atomic mass is 10.1. The number of nitrogens with one attached hydrogen (secondary N) is 1. The van der Waals surface area contributed by atoms with Crippen LogP contribution in [0.4, 0.5) is 5.69 Å². The fourth-order valence-corrected chi connectivity index (χ4v) is 3.83. The average molecular weight is 480 g/mol. The van der Waals surface area contributed by atoms with Crippen LogP contribution >= 0.6 is 0 Å². The number of likely N-dealkylation sites (N-methyl/N-ethyl adjacent to an activating group) is 1. The summed E-state index contributed by atoms with van der Waals surface area (Å²) in [5.74, 6) is -0.686. The lowest BCUT2D eigenvalue weighted by molar-refractivity contribution is -0.133. The molecule has 0 bridgehead atoms. The summed E-state index contributed by atoms with van der Waals surface area (Å²) in [6.07, 6.45) is 0. The highest BCUT2D eigenvalue weighted by atomic mass is 32.2. The number of benzene rings is 2. The number of anilines is 1. The van der Waals surface area contributed by atoms with Crippen LogP contribution < -0.4 is 10.1 Å². The van der Waals surface area contributed by atoms with E-state index in [0.29, 0.717) is 5.75 Å². The summed E-state index contributed by atoms with van der Waals surface area (Å²) in [6.45, 7) is -0.339. The van der Waals surface area contributed by atoms with Crippen LogP contribution in [0.15, 0.2) is 47.4 Å². The van der Waals surface area contributed by atoms with Gasteiger partial charge in [0.25, 0.3) is 5.91 Å². The molecule has 2 rings (SSSR count). The number of carbonyl (C=O) groups is 2. The molecule has 0 aromatic heterocycles. The second kappa shape index (κ2) is 11.6. The highest BCUT2D eigenvalue weighted by molar-refractivity contribution is 7.89. The molecule has 0 atom stereocenters. The summed E-state index contributed by atoms with van der Waals surface area (Å²) in [4.78, 5) is 26.5. The van der Waals surface area contributed by atoms with Gasteiger partial charge in [0.1, 0.15) is 5.75 Å². The Labute approximate surface area is 193 Å².